The lowest BCUT2D eigenvalue weighted by Gasteiger charge is -2.31. The molecule has 7 heteroatoms. The van der Waals surface area contributed by atoms with Crippen LogP contribution in [0, 0.1) is 6.92 Å². The Morgan fingerprint density at radius 1 is 0.821 bits per heavy atom. The number of para-hydroxylation sites is 2. The highest BCUT2D eigenvalue weighted by molar-refractivity contribution is 5.99. The van der Waals surface area contributed by atoms with Gasteiger partial charge in [-0.1, -0.05) is 72.3 Å². The summed E-state index contributed by atoms with van der Waals surface area (Å²) in [4.78, 5) is 41.0. The van der Waals surface area contributed by atoms with E-state index < -0.39 is 17.9 Å². The summed E-state index contributed by atoms with van der Waals surface area (Å²) < 4.78 is 10.9. The normalized spacial score (nSPS) is 11.3. The van der Waals surface area contributed by atoms with Crippen LogP contribution in [0.4, 0.5) is 5.69 Å². The van der Waals surface area contributed by atoms with E-state index in [4.69, 9.17) is 9.47 Å². The molecule has 1 atom stereocenters. The Hall–Kier alpha value is -4.91. The van der Waals surface area contributed by atoms with E-state index in [1.54, 1.807) is 55.6 Å². The second-order valence-electron chi connectivity index (χ2n) is 9.05. The van der Waals surface area contributed by atoms with E-state index in [2.05, 4.69) is 5.32 Å². The quantitative estimate of drug-likeness (QED) is 0.217. The number of rotatable bonds is 9. The van der Waals surface area contributed by atoms with Crippen LogP contribution in [-0.4, -0.2) is 29.8 Å². The molecule has 0 spiro atoms. The highest BCUT2D eigenvalue weighted by atomic mass is 16.5. The van der Waals surface area contributed by atoms with Crippen LogP contribution in [0.2, 0.25) is 0 Å². The summed E-state index contributed by atoms with van der Waals surface area (Å²) >= 11 is 0. The number of esters is 1. The van der Waals surface area contributed by atoms with Crippen LogP contribution >= 0.6 is 0 Å². The number of hydrogen-bond acceptors (Lipinski definition) is 5. The third kappa shape index (κ3) is 6.90. The lowest BCUT2D eigenvalue weighted by Crippen LogP contribution is -2.39. The highest BCUT2D eigenvalue weighted by Crippen LogP contribution is 2.30. The van der Waals surface area contributed by atoms with Crippen molar-refractivity contribution in [2.75, 3.05) is 12.4 Å². The van der Waals surface area contributed by atoms with Crippen molar-refractivity contribution in [1.29, 1.82) is 0 Å². The van der Waals surface area contributed by atoms with Gasteiger partial charge in [0.05, 0.1) is 18.4 Å². The number of nitrogens with zero attached hydrogens (tertiary/aromatic N) is 1. The summed E-state index contributed by atoms with van der Waals surface area (Å²) in [5.41, 5.74) is 3.22. The van der Waals surface area contributed by atoms with Crippen molar-refractivity contribution in [3.05, 3.63) is 125 Å². The molecule has 0 saturated carbocycles. The van der Waals surface area contributed by atoms with Gasteiger partial charge in [-0.2, -0.15) is 0 Å². The molecule has 1 unspecified atom stereocenters. The molecule has 0 fully saturated rings. The van der Waals surface area contributed by atoms with Crippen LogP contribution in [-0.2, 0) is 16.1 Å². The molecule has 0 aliphatic heterocycles. The summed E-state index contributed by atoms with van der Waals surface area (Å²) in [5, 5.41) is 2.88. The zero-order valence-corrected chi connectivity index (χ0v) is 22.1. The minimum atomic E-state index is -0.938. The SMILES string of the molecule is COc1ccc(CN(C(C)=O)C(C(=O)Nc2ccccc2OC(=O)c2ccc(C)cc2)c2ccccc2)cc1. The number of carbonyl (C=O) groups is 3. The maximum absolute atomic E-state index is 13.8. The van der Waals surface area contributed by atoms with Crippen molar-refractivity contribution in [2.45, 2.75) is 26.4 Å². The van der Waals surface area contributed by atoms with Crippen molar-refractivity contribution in [2.24, 2.45) is 0 Å². The largest absolute Gasteiger partial charge is 0.497 e. The first-order chi connectivity index (χ1) is 18.9. The van der Waals surface area contributed by atoms with Gasteiger partial charge >= 0.3 is 5.97 Å². The van der Waals surface area contributed by atoms with E-state index in [0.29, 0.717) is 22.6 Å². The Balaban J connectivity index is 1.62. The first kappa shape index (κ1) is 27.1. The number of hydrogen-bond donors (Lipinski definition) is 1. The molecular formula is C32H30N2O5. The van der Waals surface area contributed by atoms with E-state index in [1.807, 2.05) is 61.5 Å². The molecule has 0 aromatic heterocycles. The lowest BCUT2D eigenvalue weighted by atomic mass is 10.0. The van der Waals surface area contributed by atoms with Gasteiger partial charge in [-0.25, -0.2) is 4.79 Å². The summed E-state index contributed by atoms with van der Waals surface area (Å²) in [7, 11) is 1.59. The number of aryl methyl sites for hydroxylation is 1. The molecule has 0 bridgehead atoms. The molecule has 198 valence electrons. The van der Waals surface area contributed by atoms with Crippen molar-refractivity contribution >= 4 is 23.5 Å². The number of nitrogens with one attached hydrogen (secondary N) is 1. The first-order valence-corrected chi connectivity index (χ1v) is 12.5. The zero-order valence-electron chi connectivity index (χ0n) is 22.1. The summed E-state index contributed by atoms with van der Waals surface area (Å²) in [6.45, 7) is 3.57. The second kappa shape index (κ2) is 12.6. The van der Waals surface area contributed by atoms with Crippen LogP contribution in [0.3, 0.4) is 0 Å². The van der Waals surface area contributed by atoms with Crippen molar-refractivity contribution in [1.82, 2.24) is 4.90 Å². The van der Waals surface area contributed by atoms with Gasteiger partial charge in [0.15, 0.2) is 5.75 Å². The van der Waals surface area contributed by atoms with Crippen LogP contribution in [0.5, 0.6) is 11.5 Å². The number of anilines is 1. The van der Waals surface area contributed by atoms with Crippen LogP contribution in [0.1, 0.15) is 40.0 Å². The topological polar surface area (TPSA) is 84.9 Å². The second-order valence-corrected chi connectivity index (χ2v) is 9.05. The van der Waals surface area contributed by atoms with Crippen LogP contribution in [0.15, 0.2) is 103 Å². The Morgan fingerprint density at radius 2 is 1.46 bits per heavy atom. The highest BCUT2D eigenvalue weighted by Gasteiger charge is 2.30. The van der Waals surface area contributed by atoms with Gasteiger partial charge in [0.1, 0.15) is 11.8 Å². The smallest absolute Gasteiger partial charge is 0.343 e. The van der Waals surface area contributed by atoms with Crippen molar-refractivity contribution in [3.63, 3.8) is 0 Å². The maximum Gasteiger partial charge on any atom is 0.343 e. The maximum atomic E-state index is 13.8. The van der Waals surface area contributed by atoms with Gasteiger partial charge in [0, 0.05) is 13.5 Å². The molecule has 4 aromatic rings. The monoisotopic (exact) mass is 522 g/mol. The fourth-order valence-electron chi connectivity index (χ4n) is 4.13. The van der Waals surface area contributed by atoms with Crippen LogP contribution in [0.25, 0.3) is 0 Å². The van der Waals surface area contributed by atoms with Gasteiger partial charge < -0.3 is 19.7 Å². The van der Waals surface area contributed by atoms with Gasteiger partial charge in [-0.15, -0.1) is 0 Å². The average molecular weight is 523 g/mol. The van der Waals surface area contributed by atoms with Gasteiger partial charge in [0.2, 0.25) is 5.91 Å². The minimum absolute atomic E-state index is 0.202. The fraction of sp³-hybridized carbons (Fsp3) is 0.156. The van der Waals surface area contributed by atoms with E-state index in [1.165, 1.54) is 11.8 Å². The Bertz CT molecular complexity index is 1430. The van der Waals surface area contributed by atoms with E-state index in [-0.39, 0.29) is 18.2 Å². The van der Waals surface area contributed by atoms with E-state index >= 15 is 0 Å². The summed E-state index contributed by atoms with van der Waals surface area (Å²) in [5.74, 6) is -0.353. The number of methoxy groups -OCH3 is 1. The average Bonchev–Trinajstić information content (AvgIpc) is 2.95. The molecule has 0 saturated heterocycles. The van der Waals surface area contributed by atoms with Gasteiger partial charge in [-0.05, 0) is 54.4 Å². The fourth-order valence-corrected chi connectivity index (χ4v) is 4.13. The van der Waals surface area contributed by atoms with Crippen molar-refractivity contribution < 1.29 is 23.9 Å². The molecule has 0 aliphatic rings. The molecule has 0 aliphatic carbocycles. The summed E-state index contributed by atoms with van der Waals surface area (Å²) in [6.07, 6.45) is 0. The number of benzene rings is 4. The predicted molar refractivity (Wildman–Crippen MR) is 150 cm³/mol. The van der Waals surface area contributed by atoms with E-state index in [9.17, 15) is 14.4 Å². The van der Waals surface area contributed by atoms with Crippen LogP contribution < -0.4 is 14.8 Å². The molecular weight excluding hydrogens is 492 g/mol. The standard InChI is InChI=1S/C32H30N2O5/c1-22-13-17-26(18-14-22)32(37)39-29-12-8-7-11-28(29)33-31(36)30(25-9-5-4-6-10-25)34(23(2)35)21-24-15-19-27(38-3)20-16-24/h4-20,30H,21H2,1-3H3,(H,33,36). The predicted octanol–water partition coefficient (Wildman–Crippen LogP) is 5.95. The molecule has 0 radical (unpaired) electrons. The Kier molecular flexibility index (Phi) is 8.74. The molecule has 0 heterocycles. The molecule has 2 amide bonds. The zero-order chi connectivity index (χ0) is 27.8. The van der Waals surface area contributed by atoms with Crippen molar-refractivity contribution in [3.8, 4) is 11.5 Å². The molecule has 7 nitrogen and oxygen atoms in total. The first-order valence-electron chi connectivity index (χ1n) is 12.5. The summed E-state index contributed by atoms with van der Waals surface area (Å²) in [6, 6.07) is 29.2. The lowest BCUT2D eigenvalue weighted by molar-refractivity contribution is -0.137. The van der Waals surface area contributed by atoms with Gasteiger partial charge in [0.25, 0.3) is 5.91 Å². The molecule has 1 N–H and O–H groups in total. The Morgan fingerprint density at radius 3 is 2.10 bits per heavy atom. The molecule has 4 rings (SSSR count). The third-order valence-corrected chi connectivity index (χ3v) is 6.23. The van der Waals surface area contributed by atoms with E-state index in [0.717, 1.165) is 11.1 Å². The molecule has 39 heavy (non-hydrogen) atoms. The number of ether oxygens (including phenoxy) is 2. The number of carbonyl (C=O) groups excluding carboxylic acids is 3. The molecule has 4 aromatic carbocycles. The number of amides is 2. The third-order valence-electron chi connectivity index (χ3n) is 6.23. The minimum Gasteiger partial charge on any atom is -0.497 e. The van der Waals surface area contributed by atoms with Gasteiger partial charge in [-0.3, -0.25) is 9.59 Å². The Labute approximate surface area is 228 Å².